The van der Waals surface area contributed by atoms with Gasteiger partial charge in [-0.25, -0.2) is 0 Å². The van der Waals surface area contributed by atoms with Gasteiger partial charge >= 0.3 is 0 Å². The van der Waals surface area contributed by atoms with Crippen LogP contribution in [-0.4, -0.2) is 29.9 Å². The second kappa shape index (κ2) is 8.15. The third-order valence-corrected chi connectivity index (χ3v) is 4.00. The van der Waals surface area contributed by atoms with E-state index in [1.54, 1.807) is 0 Å². The molecule has 1 aromatic carbocycles. The Morgan fingerprint density at radius 2 is 2.05 bits per heavy atom. The number of amides is 1. The molecule has 0 saturated carbocycles. The van der Waals surface area contributed by atoms with Crippen LogP contribution in [0.4, 0.5) is 0 Å². The smallest absolute Gasteiger partial charge is 0.237 e. The van der Waals surface area contributed by atoms with E-state index < -0.39 is 0 Å². The number of rotatable bonds is 7. The van der Waals surface area contributed by atoms with Crippen molar-refractivity contribution < 1.29 is 4.79 Å². The predicted octanol–water partition coefficient (Wildman–Crippen LogP) is 2.03. The zero-order valence-corrected chi connectivity index (χ0v) is 13.0. The van der Waals surface area contributed by atoms with Gasteiger partial charge in [-0.05, 0) is 43.5 Å². The maximum absolute atomic E-state index is 11.8. The molecule has 1 saturated heterocycles. The van der Waals surface area contributed by atoms with Crippen molar-refractivity contribution in [3.8, 4) is 0 Å². The molecular weight excluding hydrogens is 262 g/mol. The van der Waals surface area contributed by atoms with Crippen LogP contribution in [0.25, 0.3) is 0 Å². The molecule has 1 atom stereocenters. The second-order valence-corrected chi connectivity index (χ2v) is 5.92. The lowest BCUT2D eigenvalue weighted by atomic mass is 10.1. The average Bonchev–Trinajstić information content (AvgIpc) is 2.98. The molecular formula is C17H27N3O. The summed E-state index contributed by atoms with van der Waals surface area (Å²) in [5.41, 5.74) is 8.28. The first-order valence-electron chi connectivity index (χ1n) is 8.02. The second-order valence-electron chi connectivity index (χ2n) is 5.92. The van der Waals surface area contributed by atoms with E-state index in [0.29, 0.717) is 6.54 Å². The topological polar surface area (TPSA) is 58.4 Å². The summed E-state index contributed by atoms with van der Waals surface area (Å²) in [4.78, 5) is 14.3. The Hall–Kier alpha value is -1.39. The number of carbonyl (C=O) groups excluding carboxylic acids is 1. The van der Waals surface area contributed by atoms with Crippen molar-refractivity contribution in [2.45, 2.75) is 51.7 Å². The SMILES string of the molecule is CCCC(N)C(=O)NCc1cccc(CN2CCCC2)c1. The van der Waals surface area contributed by atoms with Crippen molar-refractivity contribution in [3.63, 3.8) is 0 Å². The Bertz CT molecular complexity index is 455. The van der Waals surface area contributed by atoms with E-state index in [4.69, 9.17) is 5.73 Å². The molecule has 2 rings (SSSR count). The predicted molar refractivity (Wildman–Crippen MR) is 85.7 cm³/mol. The van der Waals surface area contributed by atoms with Crippen LogP contribution in [0.15, 0.2) is 24.3 Å². The number of carbonyl (C=O) groups is 1. The van der Waals surface area contributed by atoms with Crippen LogP contribution in [-0.2, 0) is 17.9 Å². The minimum atomic E-state index is -0.386. The van der Waals surface area contributed by atoms with Gasteiger partial charge in [0.15, 0.2) is 0 Å². The summed E-state index contributed by atoms with van der Waals surface area (Å²) >= 11 is 0. The van der Waals surface area contributed by atoms with E-state index in [1.807, 2.05) is 6.92 Å². The van der Waals surface area contributed by atoms with Crippen LogP contribution in [0.3, 0.4) is 0 Å². The molecule has 1 amide bonds. The molecule has 0 radical (unpaired) electrons. The molecule has 1 aliphatic rings. The number of hydrogen-bond donors (Lipinski definition) is 2. The summed E-state index contributed by atoms with van der Waals surface area (Å²) in [6.45, 7) is 6.01. The molecule has 1 aliphatic heterocycles. The molecule has 3 N–H and O–H groups in total. The average molecular weight is 289 g/mol. The maximum atomic E-state index is 11.8. The summed E-state index contributed by atoms with van der Waals surface area (Å²) in [6, 6.07) is 8.08. The van der Waals surface area contributed by atoms with Gasteiger partial charge in [0.1, 0.15) is 0 Å². The maximum Gasteiger partial charge on any atom is 0.237 e. The van der Waals surface area contributed by atoms with E-state index in [2.05, 4.69) is 34.5 Å². The molecule has 1 aromatic rings. The fourth-order valence-electron chi connectivity index (χ4n) is 2.80. The molecule has 4 heteroatoms. The summed E-state index contributed by atoms with van der Waals surface area (Å²) < 4.78 is 0. The third kappa shape index (κ3) is 5.14. The van der Waals surface area contributed by atoms with E-state index in [0.717, 1.165) is 24.9 Å². The van der Waals surface area contributed by atoms with Crippen molar-refractivity contribution in [3.05, 3.63) is 35.4 Å². The number of likely N-dealkylation sites (tertiary alicyclic amines) is 1. The van der Waals surface area contributed by atoms with Gasteiger partial charge in [0, 0.05) is 13.1 Å². The first-order chi connectivity index (χ1) is 10.2. The summed E-state index contributed by atoms with van der Waals surface area (Å²) in [7, 11) is 0. The molecule has 0 aliphatic carbocycles. The fraction of sp³-hybridized carbons (Fsp3) is 0.588. The van der Waals surface area contributed by atoms with Crippen molar-refractivity contribution >= 4 is 5.91 Å². The monoisotopic (exact) mass is 289 g/mol. The zero-order valence-electron chi connectivity index (χ0n) is 13.0. The lowest BCUT2D eigenvalue weighted by molar-refractivity contribution is -0.122. The zero-order chi connectivity index (χ0) is 15.1. The fourth-order valence-corrected chi connectivity index (χ4v) is 2.80. The largest absolute Gasteiger partial charge is 0.351 e. The molecule has 21 heavy (non-hydrogen) atoms. The van der Waals surface area contributed by atoms with Crippen LogP contribution >= 0.6 is 0 Å². The third-order valence-electron chi connectivity index (χ3n) is 4.00. The highest BCUT2D eigenvalue weighted by Crippen LogP contribution is 2.13. The summed E-state index contributed by atoms with van der Waals surface area (Å²) in [5.74, 6) is -0.0539. The molecule has 0 aromatic heterocycles. The van der Waals surface area contributed by atoms with Gasteiger partial charge in [-0.2, -0.15) is 0 Å². The van der Waals surface area contributed by atoms with Crippen LogP contribution < -0.4 is 11.1 Å². The molecule has 1 heterocycles. The Morgan fingerprint density at radius 1 is 1.33 bits per heavy atom. The van der Waals surface area contributed by atoms with Gasteiger partial charge in [-0.15, -0.1) is 0 Å². The number of nitrogens with two attached hydrogens (primary N) is 1. The Balaban J connectivity index is 1.84. The minimum Gasteiger partial charge on any atom is -0.351 e. The van der Waals surface area contributed by atoms with Crippen molar-refractivity contribution in [1.82, 2.24) is 10.2 Å². The normalized spacial score (nSPS) is 16.9. The molecule has 1 unspecified atom stereocenters. The Labute approximate surface area is 127 Å². The van der Waals surface area contributed by atoms with Crippen LogP contribution in [0.2, 0.25) is 0 Å². The van der Waals surface area contributed by atoms with E-state index in [1.165, 1.54) is 31.5 Å². The van der Waals surface area contributed by atoms with Gasteiger partial charge in [0.2, 0.25) is 5.91 Å². The minimum absolute atomic E-state index is 0.0539. The first kappa shape index (κ1) is 16.0. The van der Waals surface area contributed by atoms with Crippen molar-refractivity contribution in [1.29, 1.82) is 0 Å². The van der Waals surface area contributed by atoms with Crippen molar-refractivity contribution in [2.75, 3.05) is 13.1 Å². The van der Waals surface area contributed by atoms with Crippen LogP contribution in [0.1, 0.15) is 43.7 Å². The molecule has 1 fully saturated rings. The number of nitrogens with zero attached hydrogens (tertiary/aromatic N) is 1. The first-order valence-corrected chi connectivity index (χ1v) is 8.02. The van der Waals surface area contributed by atoms with E-state index in [9.17, 15) is 4.79 Å². The highest BCUT2D eigenvalue weighted by atomic mass is 16.2. The van der Waals surface area contributed by atoms with Gasteiger partial charge in [-0.1, -0.05) is 37.6 Å². The summed E-state index contributed by atoms with van der Waals surface area (Å²) in [6.07, 6.45) is 4.29. The lowest BCUT2D eigenvalue weighted by Crippen LogP contribution is -2.40. The van der Waals surface area contributed by atoms with Crippen LogP contribution in [0.5, 0.6) is 0 Å². The highest BCUT2D eigenvalue weighted by Gasteiger charge is 2.13. The van der Waals surface area contributed by atoms with Gasteiger partial charge < -0.3 is 11.1 Å². The molecule has 116 valence electrons. The number of hydrogen-bond acceptors (Lipinski definition) is 3. The number of nitrogens with one attached hydrogen (secondary N) is 1. The molecule has 0 spiro atoms. The lowest BCUT2D eigenvalue weighted by Gasteiger charge is -2.15. The molecule has 4 nitrogen and oxygen atoms in total. The van der Waals surface area contributed by atoms with Crippen LogP contribution in [0, 0.1) is 0 Å². The van der Waals surface area contributed by atoms with Gasteiger partial charge in [-0.3, -0.25) is 9.69 Å². The quantitative estimate of drug-likeness (QED) is 0.807. The van der Waals surface area contributed by atoms with E-state index in [-0.39, 0.29) is 11.9 Å². The van der Waals surface area contributed by atoms with E-state index >= 15 is 0 Å². The number of benzene rings is 1. The summed E-state index contributed by atoms with van der Waals surface area (Å²) in [5, 5.41) is 2.93. The Kier molecular flexibility index (Phi) is 6.21. The highest BCUT2D eigenvalue weighted by molar-refractivity contribution is 5.81. The molecule has 0 bridgehead atoms. The van der Waals surface area contributed by atoms with Gasteiger partial charge in [0.05, 0.1) is 6.04 Å². The Morgan fingerprint density at radius 3 is 2.76 bits per heavy atom. The van der Waals surface area contributed by atoms with Gasteiger partial charge in [0.25, 0.3) is 0 Å². The standard InChI is InChI=1S/C17H27N3O/c1-2-6-16(18)17(21)19-12-14-7-5-8-15(11-14)13-20-9-3-4-10-20/h5,7-8,11,16H,2-4,6,9-10,12-13,18H2,1H3,(H,19,21). The van der Waals surface area contributed by atoms with Crippen molar-refractivity contribution in [2.24, 2.45) is 5.73 Å².